The lowest BCUT2D eigenvalue weighted by Gasteiger charge is -2.09. The topological polar surface area (TPSA) is 55.1 Å². The van der Waals surface area contributed by atoms with Crippen LogP contribution in [0.2, 0.25) is 0 Å². The van der Waals surface area contributed by atoms with E-state index in [-0.39, 0.29) is 0 Å². The van der Waals surface area contributed by atoms with Gasteiger partial charge in [-0.15, -0.1) is 0 Å². The third-order valence-corrected chi connectivity index (χ3v) is 4.17. The zero-order chi connectivity index (χ0) is 14.9. The third-order valence-electron chi connectivity index (χ3n) is 3.02. The minimum atomic E-state index is -0.966. The van der Waals surface area contributed by atoms with Gasteiger partial charge in [-0.25, -0.2) is 9.48 Å². The normalized spacial score (nSPS) is 11.2. The molecule has 104 valence electrons. The molecule has 0 radical (unpaired) electrons. The van der Waals surface area contributed by atoms with E-state index in [2.05, 4.69) is 21.0 Å². The number of benzene rings is 1. The van der Waals surface area contributed by atoms with Crippen molar-refractivity contribution in [1.82, 2.24) is 9.78 Å². The number of carboxylic acids is 1. The van der Waals surface area contributed by atoms with Gasteiger partial charge in [-0.1, -0.05) is 11.6 Å². The number of carbonyl (C=O) groups is 1. The Bertz CT molecular complexity index is 702. The van der Waals surface area contributed by atoms with Gasteiger partial charge in [0.2, 0.25) is 0 Å². The van der Waals surface area contributed by atoms with E-state index in [4.69, 9.17) is 5.11 Å². The van der Waals surface area contributed by atoms with Crippen LogP contribution in [0.25, 0.3) is 11.8 Å². The number of nitrogens with zero attached hydrogens (tertiary/aromatic N) is 2. The van der Waals surface area contributed by atoms with Gasteiger partial charge in [0, 0.05) is 11.6 Å². The van der Waals surface area contributed by atoms with Crippen LogP contribution in [0.3, 0.4) is 0 Å². The lowest BCUT2D eigenvalue weighted by Crippen LogP contribution is -2.02. The summed E-state index contributed by atoms with van der Waals surface area (Å²) in [4.78, 5) is 10.7. The van der Waals surface area contributed by atoms with Crippen LogP contribution in [0.4, 0.5) is 0 Å². The molecular formula is C15H15BrN2O2. The highest BCUT2D eigenvalue weighted by Crippen LogP contribution is 2.25. The Hall–Kier alpha value is -1.88. The van der Waals surface area contributed by atoms with Crippen molar-refractivity contribution >= 4 is 28.0 Å². The minimum absolute atomic E-state index is 0.825. The Morgan fingerprint density at radius 1 is 1.35 bits per heavy atom. The SMILES string of the molecule is Cc1ccc(-n2nc(C)c(Br)c2C)c(/C=C/C(=O)O)c1. The molecule has 0 bridgehead atoms. The second kappa shape index (κ2) is 5.63. The maximum absolute atomic E-state index is 10.7. The number of carboxylic acid groups (broad SMARTS) is 1. The lowest BCUT2D eigenvalue weighted by atomic mass is 10.1. The molecule has 1 aromatic carbocycles. The largest absolute Gasteiger partial charge is 0.478 e. The average Bonchev–Trinajstić information content (AvgIpc) is 2.64. The monoisotopic (exact) mass is 334 g/mol. The molecule has 2 rings (SSSR count). The van der Waals surface area contributed by atoms with Crippen LogP contribution in [0, 0.1) is 20.8 Å². The molecule has 0 fully saturated rings. The Morgan fingerprint density at radius 3 is 2.60 bits per heavy atom. The van der Waals surface area contributed by atoms with Gasteiger partial charge < -0.3 is 5.11 Å². The smallest absolute Gasteiger partial charge is 0.328 e. The van der Waals surface area contributed by atoms with Crippen molar-refractivity contribution < 1.29 is 9.90 Å². The van der Waals surface area contributed by atoms with Crippen LogP contribution in [0.15, 0.2) is 28.7 Å². The molecule has 1 N–H and O–H groups in total. The van der Waals surface area contributed by atoms with Crippen molar-refractivity contribution in [3.05, 3.63) is 51.3 Å². The molecular weight excluding hydrogens is 320 g/mol. The number of aromatic nitrogens is 2. The van der Waals surface area contributed by atoms with Crippen LogP contribution >= 0.6 is 15.9 Å². The summed E-state index contributed by atoms with van der Waals surface area (Å²) < 4.78 is 2.78. The average molecular weight is 335 g/mol. The molecule has 20 heavy (non-hydrogen) atoms. The highest BCUT2D eigenvalue weighted by atomic mass is 79.9. The highest BCUT2D eigenvalue weighted by Gasteiger charge is 2.12. The predicted molar refractivity (Wildman–Crippen MR) is 82.1 cm³/mol. The van der Waals surface area contributed by atoms with E-state index in [0.717, 1.165) is 38.8 Å². The first-order valence-electron chi connectivity index (χ1n) is 6.14. The molecule has 1 aromatic heterocycles. The van der Waals surface area contributed by atoms with Gasteiger partial charge in [0.15, 0.2) is 0 Å². The van der Waals surface area contributed by atoms with Crippen molar-refractivity contribution in [3.8, 4) is 5.69 Å². The zero-order valence-corrected chi connectivity index (χ0v) is 13.1. The number of aryl methyl sites for hydroxylation is 2. The van der Waals surface area contributed by atoms with Gasteiger partial charge in [0.05, 0.1) is 21.5 Å². The Kier molecular flexibility index (Phi) is 4.09. The van der Waals surface area contributed by atoms with Gasteiger partial charge in [-0.3, -0.25) is 0 Å². The molecule has 0 unspecified atom stereocenters. The van der Waals surface area contributed by atoms with Crippen LogP contribution in [0.1, 0.15) is 22.5 Å². The Balaban J connectivity index is 2.61. The number of hydrogen-bond acceptors (Lipinski definition) is 2. The first-order chi connectivity index (χ1) is 9.40. The van der Waals surface area contributed by atoms with Gasteiger partial charge in [0.1, 0.15) is 0 Å². The van der Waals surface area contributed by atoms with Crippen LogP contribution < -0.4 is 0 Å². The summed E-state index contributed by atoms with van der Waals surface area (Å²) in [5.74, 6) is -0.966. The Labute approximate surface area is 125 Å². The summed E-state index contributed by atoms with van der Waals surface area (Å²) in [7, 11) is 0. The molecule has 0 saturated heterocycles. The van der Waals surface area contributed by atoms with E-state index < -0.39 is 5.97 Å². The van der Waals surface area contributed by atoms with E-state index in [0.29, 0.717) is 0 Å². The van der Waals surface area contributed by atoms with Crippen molar-refractivity contribution in [2.75, 3.05) is 0 Å². The summed E-state index contributed by atoms with van der Waals surface area (Å²) >= 11 is 3.50. The van der Waals surface area contributed by atoms with Crippen molar-refractivity contribution in [2.45, 2.75) is 20.8 Å². The number of rotatable bonds is 3. The van der Waals surface area contributed by atoms with E-state index in [1.807, 2.05) is 43.7 Å². The molecule has 0 aliphatic rings. The molecule has 0 aliphatic carbocycles. The number of hydrogen-bond donors (Lipinski definition) is 1. The molecule has 0 amide bonds. The maximum Gasteiger partial charge on any atom is 0.328 e. The second-order valence-corrected chi connectivity index (χ2v) is 5.42. The van der Waals surface area contributed by atoms with Gasteiger partial charge in [-0.05, 0) is 54.9 Å². The molecule has 2 aromatic rings. The summed E-state index contributed by atoms with van der Waals surface area (Å²) in [6.07, 6.45) is 2.73. The van der Waals surface area contributed by atoms with E-state index in [1.54, 1.807) is 6.08 Å². The van der Waals surface area contributed by atoms with Crippen LogP contribution in [0.5, 0.6) is 0 Å². The number of halogens is 1. The van der Waals surface area contributed by atoms with E-state index in [1.165, 1.54) is 0 Å². The quantitative estimate of drug-likeness (QED) is 0.871. The second-order valence-electron chi connectivity index (χ2n) is 4.63. The molecule has 0 aliphatic heterocycles. The first-order valence-corrected chi connectivity index (χ1v) is 6.93. The van der Waals surface area contributed by atoms with Crippen LogP contribution in [-0.4, -0.2) is 20.9 Å². The Morgan fingerprint density at radius 2 is 2.05 bits per heavy atom. The zero-order valence-electron chi connectivity index (χ0n) is 11.5. The highest BCUT2D eigenvalue weighted by molar-refractivity contribution is 9.10. The molecule has 5 heteroatoms. The molecule has 0 atom stereocenters. The molecule has 0 saturated carbocycles. The lowest BCUT2D eigenvalue weighted by molar-refractivity contribution is -0.131. The van der Waals surface area contributed by atoms with Crippen molar-refractivity contribution in [2.24, 2.45) is 0 Å². The van der Waals surface area contributed by atoms with Gasteiger partial charge in [0.25, 0.3) is 0 Å². The van der Waals surface area contributed by atoms with Crippen molar-refractivity contribution in [3.63, 3.8) is 0 Å². The fourth-order valence-electron chi connectivity index (χ4n) is 2.02. The fraction of sp³-hybridized carbons (Fsp3) is 0.200. The minimum Gasteiger partial charge on any atom is -0.478 e. The first kappa shape index (κ1) is 14.5. The van der Waals surface area contributed by atoms with Crippen LogP contribution in [-0.2, 0) is 4.79 Å². The standard InChI is InChI=1S/C15H15BrN2O2/c1-9-4-6-13(12(8-9)5-7-14(19)20)18-11(3)15(16)10(2)17-18/h4-8H,1-3H3,(H,19,20)/b7-5+. The van der Waals surface area contributed by atoms with Gasteiger partial charge in [-0.2, -0.15) is 5.10 Å². The summed E-state index contributed by atoms with van der Waals surface area (Å²) in [5, 5.41) is 13.3. The van der Waals surface area contributed by atoms with Crippen molar-refractivity contribution in [1.29, 1.82) is 0 Å². The molecule has 0 spiro atoms. The maximum atomic E-state index is 10.7. The van der Waals surface area contributed by atoms with Gasteiger partial charge >= 0.3 is 5.97 Å². The summed E-state index contributed by atoms with van der Waals surface area (Å²) in [5.41, 5.74) is 4.64. The summed E-state index contributed by atoms with van der Waals surface area (Å²) in [6.45, 7) is 5.86. The number of aliphatic carboxylic acids is 1. The van der Waals surface area contributed by atoms with E-state index in [9.17, 15) is 4.79 Å². The van der Waals surface area contributed by atoms with E-state index >= 15 is 0 Å². The predicted octanol–water partition coefficient (Wildman–Crippen LogP) is 3.66. The summed E-state index contributed by atoms with van der Waals surface area (Å²) in [6, 6.07) is 5.87. The third kappa shape index (κ3) is 2.82. The molecule has 1 heterocycles. The molecule has 4 nitrogen and oxygen atoms in total. The fourth-order valence-corrected chi connectivity index (χ4v) is 2.27.